The van der Waals surface area contributed by atoms with Crippen LogP contribution >= 0.6 is 0 Å². The van der Waals surface area contributed by atoms with Gasteiger partial charge in [0.2, 0.25) is 0 Å². The first-order valence-electron chi connectivity index (χ1n) is 6.94. The number of benzene rings is 1. The Morgan fingerprint density at radius 3 is 2.90 bits per heavy atom. The van der Waals surface area contributed by atoms with Crippen molar-refractivity contribution in [3.8, 4) is 17.6 Å². The molecule has 114 valence electrons. The molecule has 0 spiro atoms. The molecular weight excluding hydrogens is 270 g/mol. The highest BCUT2D eigenvalue weighted by Crippen LogP contribution is 2.31. The fourth-order valence-corrected chi connectivity index (χ4v) is 1.79. The zero-order chi connectivity index (χ0) is 15.5. The number of nitriles is 1. The van der Waals surface area contributed by atoms with E-state index in [1.54, 1.807) is 6.07 Å². The SMILES string of the molecule is CCOc1cccc(CCN)c1OCC(=O)NCCC#N. The van der Waals surface area contributed by atoms with Crippen molar-refractivity contribution in [2.45, 2.75) is 19.8 Å². The zero-order valence-corrected chi connectivity index (χ0v) is 12.2. The van der Waals surface area contributed by atoms with E-state index < -0.39 is 0 Å². The van der Waals surface area contributed by atoms with Gasteiger partial charge >= 0.3 is 0 Å². The van der Waals surface area contributed by atoms with Gasteiger partial charge < -0.3 is 20.5 Å². The highest BCUT2D eigenvalue weighted by Gasteiger charge is 2.12. The molecule has 6 nitrogen and oxygen atoms in total. The Kier molecular flexibility index (Phi) is 7.69. The van der Waals surface area contributed by atoms with Crippen LogP contribution in [-0.2, 0) is 11.2 Å². The minimum atomic E-state index is -0.268. The fourth-order valence-electron chi connectivity index (χ4n) is 1.79. The zero-order valence-electron chi connectivity index (χ0n) is 12.2. The Morgan fingerprint density at radius 2 is 2.24 bits per heavy atom. The van der Waals surface area contributed by atoms with E-state index in [0.29, 0.717) is 37.6 Å². The summed E-state index contributed by atoms with van der Waals surface area (Å²) in [5.41, 5.74) is 6.49. The molecule has 0 aliphatic heterocycles. The molecular formula is C15H21N3O3. The molecule has 6 heteroatoms. The van der Waals surface area contributed by atoms with Crippen LogP contribution in [0.25, 0.3) is 0 Å². The number of nitrogens with one attached hydrogen (secondary N) is 1. The molecule has 0 aliphatic rings. The van der Waals surface area contributed by atoms with Gasteiger partial charge in [-0.05, 0) is 31.5 Å². The van der Waals surface area contributed by atoms with Gasteiger partial charge in [-0.25, -0.2) is 0 Å². The number of amides is 1. The molecule has 0 fully saturated rings. The van der Waals surface area contributed by atoms with Crippen molar-refractivity contribution in [1.82, 2.24) is 5.32 Å². The summed E-state index contributed by atoms with van der Waals surface area (Å²) >= 11 is 0. The molecule has 0 radical (unpaired) electrons. The number of hydrogen-bond donors (Lipinski definition) is 2. The second kappa shape index (κ2) is 9.61. The maximum atomic E-state index is 11.6. The quantitative estimate of drug-likeness (QED) is 0.661. The van der Waals surface area contributed by atoms with Crippen LogP contribution in [0.3, 0.4) is 0 Å². The third kappa shape index (κ3) is 5.71. The van der Waals surface area contributed by atoms with Crippen molar-refractivity contribution >= 4 is 5.91 Å². The molecule has 1 amide bonds. The summed E-state index contributed by atoms with van der Waals surface area (Å²) < 4.78 is 11.1. The second-order valence-corrected chi connectivity index (χ2v) is 4.26. The van der Waals surface area contributed by atoms with Crippen molar-refractivity contribution in [3.05, 3.63) is 23.8 Å². The monoisotopic (exact) mass is 291 g/mol. The first-order chi connectivity index (χ1) is 10.2. The minimum Gasteiger partial charge on any atom is -0.490 e. The van der Waals surface area contributed by atoms with Crippen LogP contribution < -0.4 is 20.5 Å². The summed E-state index contributed by atoms with van der Waals surface area (Å²) in [7, 11) is 0. The van der Waals surface area contributed by atoms with Crippen LogP contribution in [0.1, 0.15) is 18.9 Å². The molecule has 0 atom stereocenters. The molecule has 1 aromatic rings. The van der Waals surface area contributed by atoms with Gasteiger partial charge in [0.25, 0.3) is 5.91 Å². The van der Waals surface area contributed by atoms with Crippen molar-refractivity contribution in [2.24, 2.45) is 5.73 Å². The van der Waals surface area contributed by atoms with Crippen LogP contribution in [0.2, 0.25) is 0 Å². The normalized spacial score (nSPS) is 9.76. The Morgan fingerprint density at radius 1 is 1.43 bits per heavy atom. The maximum Gasteiger partial charge on any atom is 0.257 e. The lowest BCUT2D eigenvalue weighted by molar-refractivity contribution is -0.123. The van der Waals surface area contributed by atoms with Crippen LogP contribution in [0, 0.1) is 11.3 Å². The lowest BCUT2D eigenvalue weighted by Gasteiger charge is -2.15. The molecule has 1 aromatic carbocycles. The van der Waals surface area contributed by atoms with Crippen LogP contribution in [0.4, 0.5) is 0 Å². The highest BCUT2D eigenvalue weighted by molar-refractivity contribution is 5.77. The van der Waals surface area contributed by atoms with E-state index >= 15 is 0 Å². The van der Waals surface area contributed by atoms with Crippen LogP contribution in [-0.4, -0.2) is 32.2 Å². The predicted octanol–water partition coefficient (Wildman–Crippen LogP) is 0.995. The number of nitrogens with zero attached hydrogens (tertiary/aromatic N) is 1. The summed E-state index contributed by atoms with van der Waals surface area (Å²) in [4.78, 5) is 11.6. The number of rotatable bonds is 9. The first-order valence-corrected chi connectivity index (χ1v) is 6.94. The average molecular weight is 291 g/mol. The number of ether oxygens (including phenoxy) is 2. The number of carbonyl (C=O) groups is 1. The molecule has 0 saturated carbocycles. The smallest absolute Gasteiger partial charge is 0.257 e. The standard InChI is InChI=1S/C15H21N3O3/c1-2-20-13-6-3-5-12(7-9-17)15(13)21-11-14(19)18-10-4-8-16/h3,5-6H,2,4,7,9-11,17H2,1H3,(H,18,19). The number of carbonyl (C=O) groups excluding carboxylic acids is 1. The second-order valence-electron chi connectivity index (χ2n) is 4.26. The molecule has 0 aliphatic carbocycles. The molecule has 21 heavy (non-hydrogen) atoms. The number of para-hydroxylation sites is 1. The summed E-state index contributed by atoms with van der Waals surface area (Å²) in [6, 6.07) is 7.53. The molecule has 0 aromatic heterocycles. The van der Waals surface area contributed by atoms with Crippen molar-refractivity contribution < 1.29 is 14.3 Å². The summed E-state index contributed by atoms with van der Waals surface area (Å²) in [5, 5.41) is 11.0. The Balaban J connectivity index is 2.70. The summed E-state index contributed by atoms with van der Waals surface area (Å²) in [6.45, 7) is 3.08. The Labute approximate surface area is 124 Å². The van der Waals surface area contributed by atoms with Crippen molar-refractivity contribution in [1.29, 1.82) is 5.26 Å². The largest absolute Gasteiger partial charge is 0.490 e. The third-order valence-corrected chi connectivity index (χ3v) is 2.68. The van der Waals surface area contributed by atoms with E-state index in [1.165, 1.54) is 0 Å². The molecule has 0 saturated heterocycles. The topological polar surface area (TPSA) is 97.4 Å². The van der Waals surface area contributed by atoms with Crippen molar-refractivity contribution in [3.63, 3.8) is 0 Å². The first kappa shape index (κ1) is 16.8. The summed E-state index contributed by atoms with van der Waals surface area (Å²) in [6.07, 6.45) is 0.923. The lowest BCUT2D eigenvalue weighted by atomic mass is 10.1. The Hall–Kier alpha value is -2.26. The van der Waals surface area contributed by atoms with E-state index in [9.17, 15) is 4.79 Å². The molecule has 3 N–H and O–H groups in total. The Bertz CT molecular complexity index is 473. The van der Waals surface area contributed by atoms with Gasteiger partial charge in [-0.15, -0.1) is 0 Å². The lowest BCUT2D eigenvalue weighted by Crippen LogP contribution is -2.29. The van der Waals surface area contributed by atoms with Gasteiger partial charge in [-0.2, -0.15) is 5.26 Å². The van der Waals surface area contributed by atoms with E-state index in [2.05, 4.69) is 5.32 Å². The summed E-state index contributed by atoms with van der Waals surface area (Å²) in [5.74, 6) is 0.892. The highest BCUT2D eigenvalue weighted by atomic mass is 16.5. The maximum absolute atomic E-state index is 11.6. The van der Waals surface area contributed by atoms with Gasteiger partial charge in [0.05, 0.1) is 19.1 Å². The average Bonchev–Trinajstić information content (AvgIpc) is 2.47. The van der Waals surface area contributed by atoms with Crippen LogP contribution in [0.15, 0.2) is 18.2 Å². The fraction of sp³-hybridized carbons (Fsp3) is 0.467. The molecule has 1 rings (SSSR count). The van der Waals surface area contributed by atoms with Crippen LogP contribution in [0.5, 0.6) is 11.5 Å². The molecule has 0 heterocycles. The van der Waals surface area contributed by atoms with Gasteiger partial charge in [0, 0.05) is 6.54 Å². The van der Waals surface area contributed by atoms with E-state index in [0.717, 1.165) is 5.56 Å². The van der Waals surface area contributed by atoms with Gasteiger partial charge in [-0.1, -0.05) is 12.1 Å². The number of nitrogens with two attached hydrogens (primary N) is 1. The third-order valence-electron chi connectivity index (χ3n) is 2.68. The van der Waals surface area contributed by atoms with E-state index in [4.69, 9.17) is 20.5 Å². The van der Waals surface area contributed by atoms with Gasteiger partial charge in [0.15, 0.2) is 18.1 Å². The van der Waals surface area contributed by atoms with Gasteiger partial charge in [0.1, 0.15) is 0 Å². The minimum absolute atomic E-state index is 0.118. The molecule has 0 bridgehead atoms. The van der Waals surface area contributed by atoms with E-state index in [-0.39, 0.29) is 18.9 Å². The number of hydrogen-bond acceptors (Lipinski definition) is 5. The predicted molar refractivity (Wildman–Crippen MR) is 79.1 cm³/mol. The van der Waals surface area contributed by atoms with E-state index in [1.807, 2.05) is 25.1 Å². The molecule has 0 unspecified atom stereocenters. The van der Waals surface area contributed by atoms with Gasteiger partial charge in [-0.3, -0.25) is 4.79 Å². The van der Waals surface area contributed by atoms with Crippen molar-refractivity contribution in [2.75, 3.05) is 26.3 Å².